The van der Waals surface area contributed by atoms with Crippen LogP contribution in [-0.2, 0) is 6.18 Å². The van der Waals surface area contributed by atoms with Gasteiger partial charge in [0.05, 0.1) is 5.84 Å². The summed E-state index contributed by atoms with van der Waals surface area (Å²) in [6.45, 7) is 1.81. The molecule has 0 aliphatic heterocycles. The molecule has 0 aliphatic carbocycles. The van der Waals surface area contributed by atoms with Crippen LogP contribution in [0.2, 0.25) is 0 Å². The molecule has 1 atom stereocenters. The summed E-state index contributed by atoms with van der Waals surface area (Å²) in [5, 5.41) is 10.8. The molecule has 0 fully saturated rings. The van der Waals surface area contributed by atoms with Crippen LogP contribution in [-0.4, -0.2) is 33.5 Å². The maximum absolute atomic E-state index is 12.7. The lowest BCUT2D eigenvalue weighted by Crippen LogP contribution is -2.33. The number of nitrogens with one attached hydrogen (secondary N) is 1. The molecular formula is C12H15F3N6. The fraction of sp³-hybridized carbons (Fsp3) is 0.417. The number of aromatic nitrogens is 3. The number of amidine groups is 1. The minimum absolute atomic E-state index is 0.00536. The van der Waals surface area contributed by atoms with Gasteiger partial charge in [-0.2, -0.15) is 18.3 Å². The molecule has 0 saturated carbocycles. The Hall–Kier alpha value is -2.32. The van der Waals surface area contributed by atoms with Gasteiger partial charge in [0.25, 0.3) is 0 Å². The molecule has 0 saturated heterocycles. The van der Waals surface area contributed by atoms with Crippen molar-refractivity contribution >= 4 is 17.2 Å². The topological polar surface area (TPSA) is 83.3 Å². The number of fused-ring (bicyclic) bond motifs is 1. The Morgan fingerprint density at radius 1 is 1.52 bits per heavy atom. The predicted octanol–water partition coefficient (Wildman–Crippen LogP) is 1.90. The van der Waals surface area contributed by atoms with E-state index in [0.29, 0.717) is 12.2 Å². The molecule has 2 aromatic heterocycles. The average molecular weight is 300 g/mol. The minimum Gasteiger partial charge on any atom is -0.388 e. The zero-order valence-electron chi connectivity index (χ0n) is 11.5. The summed E-state index contributed by atoms with van der Waals surface area (Å²) < 4.78 is 39.3. The molecule has 0 amide bonds. The van der Waals surface area contributed by atoms with Crippen LogP contribution in [0.3, 0.4) is 0 Å². The number of alkyl halides is 3. The van der Waals surface area contributed by atoms with Crippen LogP contribution < -0.4 is 10.6 Å². The van der Waals surface area contributed by atoms with Gasteiger partial charge in [0.1, 0.15) is 5.52 Å². The zero-order valence-corrected chi connectivity index (χ0v) is 11.5. The Morgan fingerprint density at radius 2 is 2.19 bits per heavy atom. The van der Waals surface area contributed by atoms with Crippen molar-refractivity contribution < 1.29 is 13.2 Å². The van der Waals surface area contributed by atoms with Crippen LogP contribution >= 0.6 is 0 Å². The SMILES string of the molecule is CC(CC(=N)N)N(C)c1nccn2nc(C(F)(F)F)cc12. The van der Waals surface area contributed by atoms with Gasteiger partial charge >= 0.3 is 6.18 Å². The van der Waals surface area contributed by atoms with E-state index in [1.54, 1.807) is 11.9 Å². The van der Waals surface area contributed by atoms with E-state index in [-0.39, 0.29) is 17.4 Å². The molecule has 3 N–H and O–H groups in total. The highest BCUT2D eigenvalue weighted by molar-refractivity contribution is 5.78. The Morgan fingerprint density at radius 3 is 2.76 bits per heavy atom. The van der Waals surface area contributed by atoms with Crippen molar-refractivity contribution in [2.45, 2.75) is 25.6 Å². The Bertz CT molecular complexity index is 663. The van der Waals surface area contributed by atoms with Gasteiger partial charge in [-0.05, 0) is 6.92 Å². The Balaban J connectivity index is 2.44. The third-order valence-corrected chi connectivity index (χ3v) is 3.17. The van der Waals surface area contributed by atoms with E-state index in [4.69, 9.17) is 11.1 Å². The molecule has 0 spiro atoms. The highest BCUT2D eigenvalue weighted by Gasteiger charge is 2.34. The van der Waals surface area contributed by atoms with Gasteiger partial charge in [0.2, 0.25) is 0 Å². The number of hydrogen-bond donors (Lipinski definition) is 2. The van der Waals surface area contributed by atoms with Crippen LogP contribution in [0.4, 0.5) is 19.0 Å². The van der Waals surface area contributed by atoms with Crippen LogP contribution in [0.15, 0.2) is 18.5 Å². The van der Waals surface area contributed by atoms with Crippen molar-refractivity contribution in [2.75, 3.05) is 11.9 Å². The molecule has 114 valence electrons. The highest BCUT2D eigenvalue weighted by Crippen LogP contribution is 2.31. The smallest absolute Gasteiger partial charge is 0.388 e. The third-order valence-electron chi connectivity index (χ3n) is 3.17. The minimum atomic E-state index is -4.51. The van der Waals surface area contributed by atoms with E-state index >= 15 is 0 Å². The van der Waals surface area contributed by atoms with Gasteiger partial charge < -0.3 is 10.6 Å². The molecule has 21 heavy (non-hydrogen) atoms. The van der Waals surface area contributed by atoms with Crippen molar-refractivity contribution in [2.24, 2.45) is 5.73 Å². The Labute approximate surface area is 118 Å². The van der Waals surface area contributed by atoms with Gasteiger partial charge in [0, 0.05) is 38.0 Å². The first-order valence-electron chi connectivity index (χ1n) is 6.17. The fourth-order valence-corrected chi connectivity index (χ4v) is 1.98. The van der Waals surface area contributed by atoms with Gasteiger partial charge in [-0.1, -0.05) is 0 Å². The number of nitrogens with zero attached hydrogens (tertiary/aromatic N) is 4. The Kier molecular flexibility index (Phi) is 3.75. The number of hydrogen-bond acceptors (Lipinski definition) is 4. The van der Waals surface area contributed by atoms with Crippen LogP contribution in [0, 0.1) is 5.41 Å². The largest absolute Gasteiger partial charge is 0.435 e. The predicted molar refractivity (Wildman–Crippen MR) is 72.4 cm³/mol. The molecule has 0 radical (unpaired) electrons. The second kappa shape index (κ2) is 5.23. The van der Waals surface area contributed by atoms with Crippen LogP contribution in [0.25, 0.3) is 5.52 Å². The summed E-state index contributed by atoms with van der Waals surface area (Å²) in [5.74, 6) is 0.361. The molecule has 2 aromatic rings. The van der Waals surface area contributed by atoms with E-state index < -0.39 is 11.9 Å². The molecule has 0 aliphatic rings. The zero-order chi connectivity index (χ0) is 15.8. The van der Waals surface area contributed by atoms with E-state index in [9.17, 15) is 13.2 Å². The molecule has 0 bridgehead atoms. The molecule has 0 aromatic carbocycles. The number of halogens is 3. The van der Waals surface area contributed by atoms with E-state index in [0.717, 1.165) is 10.6 Å². The first kappa shape index (κ1) is 15.1. The maximum atomic E-state index is 12.7. The van der Waals surface area contributed by atoms with Gasteiger partial charge in [-0.25, -0.2) is 9.50 Å². The monoisotopic (exact) mass is 300 g/mol. The second-order valence-corrected chi connectivity index (χ2v) is 4.80. The molecular weight excluding hydrogens is 285 g/mol. The lowest BCUT2D eigenvalue weighted by atomic mass is 10.2. The van der Waals surface area contributed by atoms with Crippen LogP contribution in [0.1, 0.15) is 19.0 Å². The van der Waals surface area contributed by atoms with Gasteiger partial charge in [-0.3, -0.25) is 5.41 Å². The summed E-state index contributed by atoms with van der Waals surface area (Å²) in [6, 6.07) is 0.782. The lowest BCUT2D eigenvalue weighted by Gasteiger charge is -2.25. The van der Waals surface area contributed by atoms with E-state index in [1.807, 2.05) is 6.92 Å². The maximum Gasteiger partial charge on any atom is 0.435 e. The van der Waals surface area contributed by atoms with Crippen molar-refractivity contribution in [1.29, 1.82) is 5.41 Å². The molecule has 2 heterocycles. The summed E-state index contributed by atoms with van der Waals surface area (Å²) in [6.07, 6.45) is -1.48. The summed E-state index contributed by atoms with van der Waals surface area (Å²) in [7, 11) is 1.69. The van der Waals surface area contributed by atoms with Crippen molar-refractivity contribution in [3.05, 3.63) is 24.2 Å². The van der Waals surface area contributed by atoms with E-state index in [2.05, 4.69) is 10.1 Å². The number of anilines is 1. The summed E-state index contributed by atoms with van der Waals surface area (Å²) in [4.78, 5) is 5.80. The fourth-order valence-electron chi connectivity index (χ4n) is 1.98. The van der Waals surface area contributed by atoms with Crippen molar-refractivity contribution in [3.63, 3.8) is 0 Å². The summed E-state index contributed by atoms with van der Waals surface area (Å²) >= 11 is 0. The lowest BCUT2D eigenvalue weighted by molar-refractivity contribution is -0.141. The molecule has 2 rings (SSSR count). The quantitative estimate of drug-likeness (QED) is 0.667. The van der Waals surface area contributed by atoms with Crippen LogP contribution in [0.5, 0.6) is 0 Å². The third kappa shape index (κ3) is 3.06. The van der Waals surface area contributed by atoms with E-state index in [1.165, 1.54) is 12.4 Å². The average Bonchev–Trinajstić information content (AvgIpc) is 2.80. The normalized spacial score (nSPS) is 13.4. The highest BCUT2D eigenvalue weighted by atomic mass is 19.4. The summed E-state index contributed by atoms with van der Waals surface area (Å²) in [5.41, 5.74) is 4.64. The standard InChI is InChI=1S/C12H15F3N6/c1-7(5-10(16)17)20(2)11-8-6-9(12(13,14)15)19-21(8)4-3-18-11/h3-4,6-7H,5H2,1-2H3,(H3,16,17). The molecule has 9 heteroatoms. The van der Waals surface area contributed by atoms with Crippen molar-refractivity contribution in [1.82, 2.24) is 14.6 Å². The van der Waals surface area contributed by atoms with Crippen molar-refractivity contribution in [3.8, 4) is 0 Å². The first-order valence-corrected chi connectivity index (χ1v) is 6.17. The number of nitrogens with two attached hydrogens (primary N) is 1. The first-order chi connectivity index (χ1) is 9.70. The van der Waals surface area contributed by atoms with Gasteiger partial charge in [0.15, 0.2) is 11.5 Å². The van der Waals surface area contributed by atoms with Gasteiger partial charge in [-0.15, -0.1) is 0 Å². The second-order valence-electron chi connectivity index (χ2n) is 4.80. The molecule has 6 nitrogen and oxygen atoms in total. The number of rotatable bonds is 4. The molecule has 1 unspecified atom stereocenters.